The summed E-state index contributed by atoms with van der Waals surface area (Å²) in [7, 11) is 0. The van der Waals surface area contributed by atoms with E-state index in [1.807, 2.05) is 38.1 Å². The van der Waals surface area contributed by atoms with Crippen LogP contribution in [0, 0.1) is 13.8 Å². The summed E-state index contributed by atoms with van der Waals surface area (Å²) < 4.78 is 5.25. The van der Waals surface area contributed by atoms with Gasteiger partial charge in [-0.1, -0.05) is 41.6 Å². The van der Waals surface area contributed by atoms with Crippen molar-refractivity contribution in [3.8, 4) is 0 Å². The van der Waals surface area contributed by atoms with E-state index >= 15 is 0 Å². The second kappa shape index (κ2) is 5.35. The molecule has 5 heteroatoms. The molecule has 1 aromatic carbocycles. The molecule has 2 aromatic rings. The van der Waals surface area contributed by atoms with E-state index in [9.17, 15) is 4.79 Å². The Kier molecular flexibility index (Phi) is 3.81. The van der Waals surface area contributed by atoms with Crippen molar-refractivity contribution in [2.45, 2.75) is 31.2 Å². The minimum atomic E-state index is -0.243. The first-order valence-electron chi connectivity index (χ1n) is 5.64. The Morgan fingerprint density at radius 1 is 1.22 bits per heavy atom. The van der Waals surface area contributed by atoms with Gasteiger partial charge in [0.2, 0.25) is 5.89 Å². The number of aryl methyl sites for hydroxylation is 2. The summed E-state index contributed by atoms with van der Waals surface area (Å²) in [6.45, 7) is 5.56. The second-order valence-corrected chi connectivity index (χ2v) is 5.37. The van der Waals surface area contributed by atoms with Gasteiger partial charge in [-0.25, -0.2) is 0 Å². The molecule has 0 saturated heterocycles. The predicted octanol–water partition coefficient (Wildman–Crippen LogP) is 3.05. The van der Waals surface area contributed by atoms with E-state index in [-0.39, 0.29) is 11.0 Å². The number of carbonyl (C=O) groups is 1. The third-order valence-electron chi connectivity index (χ3n) is 2.49. The molecular weight excluding hydrogens is 248 g/mol. The molecule has 0 bridgehead atoms. The highest BCUT2D eigenvalue weighted by atomic mass is 32.2. The van der Waals surface area contributed by atoms with Crippen LogP contribution in [0.4, 0.5) is 0 Å². The molecule has 0 spiro atoms. The number of ketones is 1. The van der Waals surface area contributed by atoms with Crippen molar-refractivity contribution in [1.82, 2.24) is 10.2 Å². The summed E-state index contributed by atoms with van der Waals surface area (Å²) in [5.41, 5.74) is 1.84. The molecule has 94 valence electrons. The van der Waals surface area contributed by atoms with Gasteiger partial charge in [0, 0.05) is 12.5 Å². The number of Topliss-reactive ketones (excluding diaryl/α,β-unsaturated/α-hetero) is 1. The van der Waals surface area contributed by atoms with Gasteiger partial charge in [-0.2, -0.15) is 0 Å². The molecule has 1 heterocycles. The van der Waals surface area contributed by atoms with Crippen molar-refractivity contribution >= 4 is 17.5 Å². The normalized spacial score (nSPS) is 12.4. The van der Waals surface area contributed by atoms with Crippen molar-refractivity contribution in [3.05, 3.63) is 41.3 Å². The average molecular weight is 262 g/mol. The smallest absolute Gasteiger partial charge is 0.277 e. The third-order valence-corrected chi connectivity index (χ3v) is 3.42. The monoisotopic (exact) mass is 262 g/mol. The number of benzene rings is 1. The first kappa shape index (κ1) is 12.8. The fourth-order valence-corrected chi connectivity index (χ4v) is 2.29. The highest BCUT2D eigenvalue weighted by Gasteiger charge is 2.19. The zero-order valence-electron chi connectivity index (χ0n) is 10.5. The quantitative estimate of drug-likeness (QED) is 0.626. The minimum absolute atomic E-state index is 0.0656. The molecule has 0 amide bonds. The molecule has 0 aliphatic rings. The van der Waals surface area contributed by atoms with Gasteiger partial charge in [0.25, 0.3) is 5.22 Å². The summed E-state index contributed by atoms with van der Waals surface area (Å²) in [5, 5.41) is 7.79. The number of nitrogens with zero attached hydrogens (tertiary/aromatic N) is 2. The van der Waals surface area contributed by atoms with Crippen LogP contribution in [0.25, 0.3) is 0 Å². The summed E-state index contributed by atoms with van der Waals surface area (Å²) in [6.07, 6.45) is 0. The Hall–Kier alpha value is -1.62. The zero-order chi connectivity index (χ0) is 13.1. The lowest BCUT2D eigenvalue weighted by Crippen LogP contribution is -2.13. The molecular formula is C13H14N2O2S. The van der Waals surface area contributed by atoms with Crippen molar-refractivity contribution < 1.29 is 9.21 Å². The lowest BCUT2D eigenvalue weighted by atomic mass is 10.1. The molecule has 1 atom stereocenters. The topological polar surface area (TPSA) is 56.0 Å². The summed E-state index contributed by atoms with van der Waals surface area (Å²) in [4.78, 5) is 12.2. The molecule has 2 rings (SSSR count). The van der Waals surface area contributed by atoms with E-state index in [1.165, 1.54) is 11.8 Å². The molecule has 0 fully saturated rings. The largest absolute Gasteiger partial charge is 0.416 e. The van der Waals surface area contributed by atoms with Crippen molar-refractivity contribution in [2.24, 2.45) is 0 Å². The van der Waals surface area contributed by atoms with Crippen LogP contribution in [0.2, 0.25) is 0 Å². The lowest BCUT2D eigenvalue weighted by molar-refractivity contribution is 0.0993. The van der Waals surface area contributed by atoms with E-state index in [2.05, 4.69) is 10.2 Å². The van der Waals surface area contributed by atoms with E-state index in [0.717, 1.165) is 5.56 Å². The SMILES string of the molecule is Cc1ccc(C(=O)C(C)Sc2nnc(C)o2)cc1. The maximum Gasteiger partial charge on any atom is 0.277 e. The summed E-state index contributed by atoms with van der Waals surface area (Å²) >= 11 is 1.28. The van der Waals surface area contributed by atoms with Crippen LogP contribution in [0.5, 0.6) is 0 Å². The molecule has 0 saturated carbocycles. The van der Waals surface area contributed by atoms with Gasteiger partial charge < -0.3 is 4.42 Å². The van der Waals surface area contributed by atoms with Gasteiger partial charge >= 0.3 is 0 Å². The van der Waals surface area contributed by atoms with E-state index in [4.69, 9.17) is 4.42 Å². The van der Waals surface area contributed by atoms with Gasteiger partial charge in [0.1, 0.15) is 0 Å². The zero-order valence-corrected chi connectivity index (χ0v) is 11.3. The highest BCUT2D eigenvalue weighted by Crippen LogP contribution is 2.24. The third kappa shape index (κ3) is 2.98. The van der Waals surface area contributed by atoms with Gasteiger partial charge in [0.05, 0.1) is 5.25 Å². The van der Waals surface area contributed by atoms with Crippen LogP contribution in [0.15, 0.2) is 33.9 Å². The molecule has 0 radical (unpaired) electrons. The molecule has 4 nitrogen and oxygen atoms in total. The standard InChI is InChI=1S/C13H14N2O2S/c1-8-4-6-11(7-5-8)12(16)9(2)18-13-15-14-10(3)17-13/h4-7,9H,1-3H3. The van der Waals surface area contributed by atoms with Gasteiger partial charge in [-0.3, -0.25) is 4.79 Å². The number of carbonyl (C=O) groups excluding carboxylic acids is 1. The lowest BCUT2D eigenvalue weighted by Gasteiger charge is -2.07. The van der Waals surface area contributed by atoms with E-state index in [0.29, 0.717) is 16.7 Å². The Morgan fingerprint density at radius 2 is 1.89 bits per heavy atom. The Bertz CT molecular complexity index is 548. The van der Waals surface area contributed by atoms with Crippen LogP contribution >= 0.6 is 11.8 Å². The van der Waals surface area contributed by atoms with Gasteiger partial charge in [-0.05, 0) is 13.8 Å². The molecule has 0 aliphatic carbocycles. The number of thioether (sulfide) groups is 1. The van der Waals surface area contributed by atoms with Crippen LogP contribution in [0.3, 0.4) is 0 Å². The van der Waals surface area contributed by atoms with E-state index in [1.54, 1.807) is 6.92 Å². The Labute approximate surface area is 110 Å². The fourth-order valence-electron chi connectivity index (χ4n) is 1.48. The van der Waals surface area contributed by atoms with Crippen LogP contribution in [0.1, 0.15) is 28.7 Å². The first-order valence-corrected chi connectivity index (χ1v) is 6.52. The number of hydrogen-bond acceptors (Lipinski definition) is 5. The molecule has 1 unspecified atom stereocenters. The molecule has 1 aromatic heterocycles. The minimum Gasteiger partial charge on any atom is -0.416 e. The summed E-state index contributed by atoms with van der Waals surface area (Å²) in [5.74, 6) is 0.573. The first-order chi connectivity index (χ1) is 8.56. The van der Waals surface area contributed by atoms with Crippen LogP contribution in [-0.4, -0.2) is 21.2 Å². The van der Waals surface area contributed by atoms with Crippen LogP contribution < -0.4 is 0 Å². The fraction of sp³-hybridized carbons (Fsp3) is 0.308. The van der Waals surface area contributed by atoms with Gasteiger partial charge in [0.15, 0.2) is 5.78 Å². The van der Waals surface area contributed by atoms with Gasteiger partial charge in [-0.15, -0.1) is 10.2 Å². The molecule has 0 aliphatic heterocycles. The molecule has 0 N–H and O–H groups in total. The van der Waals surface area contributed by atoms with E-state index < -0.39 is 0 Å². The average Bonchev–Trinajstić information content (AvgIpc) is 2.75. The second-order valence-electron chi connectivity index (χ2n) is 4.08. The maximum absolute atomic E-state index is 12.2. The highest BCUT2D eigenvalue weighted by molar-refractivity contribution is 8.00. The Balaban J connectivity index is 2.07. The molecule has 18 heavy (non-hydrogen) atoms. The van der Waals surface area contributed by atoms with Crippen molar-refractivity contribution in [2.75, 3.05) is 0 Å². The van der Waals surface area contributed by atoms with Crippen LogP contribution in [-0.2, 0) is 0 Å². The maximum atomic E-state index is 12.2. The number of hydrogen-bond donors (Lipinski definition) is 0. The number of aromatic nitrogens is 2. The summed E-state index contributed by atoms with van der Waals surface area (Å²) in [6, 6.07) is 7.55. The van der Waals surface area contributed by atoms with Crippen molar-refractivity contribution in [1.29, 1.82) is 0 Å². The predicted molar refractivity (Wildman–Crippen MR) is 69.9 cm³/mol. The Morgan fingerprint density at radius 3 is 2.44 bits per heavy atom. The number of rotatable bonds is 4. The van der Waals surface area contributed by atoms with Crippen molar-refractivity contribution in [3.63, 3.8) is 0 Å².